The third kappa shape index (κ3) is 17.7. The zero-order chi connectivity index (χ0) is 43.6. The number of carboxylic acids is 6. The molecule has 2 fully saturated rings. The highest BCUT2D eigenvalue weighted by molar-refractivity contribution is 5.74. The molecule has 0 bridgehead atoms. The summed E-state index contributed by atoms with van der Waals surface area (Å²) >= 11 is 0. The standard InChI is InChI=1S/C38H58N10O12/c49-33(50)23-43-9-5-41(6-10-44(24-34(51)52)14-18-47(17-13-43)27-37(57)58)21-31-32(40-30-4-2-1-3-29(30)39-31)22-42-7-11-45(25-35(53)54)15-19-48(28-38(59)60)20-16-46(12-8-42)26-36(55)56/h1-4H,5-28H2,(H,49,50)(H,51,52)(H,53,54)(H,55,56)(H,57,58)(H,59,60). The molecule has 4 rings (SSSR count). The van der Waals surface area contributed by atoms with E-state index in [0.29, 0.717) is 74.8 Å². The number of para-hydroxylation sites is 2. The molecule has 0 radical (unpaired) electrons. The van der Waals surface area contributed by atoms with Crippen LogP contribution in [-0.4, -0.2) is 260 Å². The number of hydrogen-bond acceptors (Lipinski definition) is 16. The van der Waals surface area contributed by atoms with Gasteiger partial charge in [0.15, 0.2) is 0 Å². The second-order valence-corrected chi connectivity index (χ2v) is 15.2. The van der Waals surface area contributed by atoms with Gasteiger partial charge < -0.3 is 30.6 Å². The molecule has 60 heavy (non-hydrogen) atoms. The molecular formula is C38H58N10O12. The second-order valence-electron chi connectivity index (χ2n) is 15.2. The van der Waals surface area contributed by atoms with Crippen molar-refractivity contribution in [2.24, 2.45) is 0 Å². The highest BCUT2D eigenvalue weighted by Gasteiger charge is 2.24. The Kier molecular flexibility index (Phi) is 19.4. The molecule has 332 valence electrons. The van der Waals surface area contributed by atoms with Crippen molar-refractivity contribution in [3.63, 3.8) is 0 Å². The first-order chi connectivity index (χ1) is 28.6. The molecule has 22 heteroatoms. The molecule has 2 aliphatic heterocycles. The van der Waals surface area contributed by atoms with Crippen LogP contribution in [0.2, 0.25) is 0 Å². The lowest BCUT2D eigenvalue weighted by Gasteiger charge is -2.34. The van der Waals surface area contributed by atoms with Crippen LogP contribution in [0.1, 0.15) is 11.4 Å². The van der Waals surface area contributed by atoms with Crippen LogP contribution in [0.4, 0.5) is 0 Å². The lowest BCUT2D eigenvalue weighted by atomic mass is 10.2. The van der Waals surface area contributed by atoms with Crippen molar-refractivity contribution in [3.05, 3.63) is 35.7 Å². The summed E-state index contributed by atoms with van der Waals surface area (Å²) in [5, 5.41) is 57.8. The van der Waals surface area contributed by atoms with Crippen molar-refractivity contribution in [2.45, 2.75) is 13.1 Å². The summed E-state index contributed by atoms with van der Waals surface area (Å²) in [4.78, 5) is 95.2. The Bertz CT molecular complexity index is 1580. The molecule has 2 aromatic rings. The monoisotopic (exact) mass is 846 g/mol. The topological polar surface area (TPSA) is 275 Å². The minimum absolute atomic E-state index is 0.259. The summed E-state index contributed by atoms with van der Waals surface area (Å²) in [5.74, 6) is -6.19. The number of carbonyl (C=O) groups is 6. The Labute approximate surface area is 347 Å². The second kappa shape index (κ2) is 24.3. The first-order valence-electron chi connectivity index (χ1n) is 20.0. The van der Waals surface area contributed by atoms with Crippen LogP contribution in [0, 0.1) is 0 Å². The highest BCUT2D eigenvalue weighted by atomic mass is 16.4. The van der Waals surface area contributed by atoms with Gasteiger partial charge in [0.25, 0.3) is 0 Å². The van der Waals surface area contributed by atoms with E-state index in [4.69, 9.17) is 9.97 Å². The number of rotatable bonds is 16. The van der Waals surface area contributed by atoms with Crippen LogP contribution in [0.15, 0.2) is 24.3 Å². The normalized spacial score (nSPS) is 19.4. The van der Waals surface area contributed by atoms with Crippen molar-refractivity contribution in [1.82, 2.24) is 49.2 Å². The van der Waals surface area contributed by atoms with Crippen molar-refractivity contribution in [3.8, 4) is 0 Å². The maximum absolute atomic E-state index is 11.9. The van der Waals surface area contributed by atoms with E-state index in [1.165, 1.54) is 0 Å². The number of hydrogen-bond donors (Lipinski definition) is 6. The maximum Gasteiger partial charge on any atom is 0.317 e. The van der Waals surface area contributed by atoms with Gasteiger partial charge in [0.2, 0.25) is 0 Å². The number of fused-ring (bicyclic) bond motifs is 1. The number of aromatic nitrogens is 2. The van der Waals surface area contributed by atoms with Gasteiger partial charge in [-0.15, -0.1) is 0 Å². The smallest absolute Gasteiger partial charge is 0.317 e. The largest absolute Gasteiger partial charge is 0.480 e. The summed E-state index contributed by atoms with van der Waals surface area (Å²) in [6.45, 7) is 3.90. The average Bonchev–Trinajstić information content (AvgIpc) is 3.15. The van der Waals surface area contributed by atoms with E-state index in [9.17, 15) is 59.4 Å². The van der Waals surface area contributed by atoms with E-state index in [1.54, 1.807) is 29.4 Å². The molecule has 22 nitrogen and oxygen atoms in total. The molecule has 0 saturated carbocycles. The van der Waals surface area contributed by atoms with Gasteiger partial charge in [0.1, 0.15) is 0 Å². The van der Waals surface area contributed by atoms with Gasteiger partial charge in [0.05, 0.1) is 61.7 Å². The molecule has 2 saturated heterocycles. The van der Waals surface area contributed by atoms with Gasteiger partial charge in [0, 0.05) is 118 Å². The Morgan fingerprint density at radius 1 is 0.350 bits per heavy atom. The summed E-state index contributed by atoms with van der Waals surface area (Å²) in [5.41, 5.74) is 2.54. The van der Waals surface area contributed by atoms with E-state index in [1.807, 2.05) is 24.3 Å². The van der Waals surface area contributed by atoms with E-state index >= 15 is 0 Å². The fraction of sp³-hybridized carbons (Fsp3) is 0.632. The summed E-state index contributed by atoms with van der Waals surface area (Å²) in [6.07, 6.45) is 0. The minimum Gasteiger partial charge on any atom is -0.480 e. The van der Waals surface area contributed by atoms with Crippen molar-refractivity contribution in [2.75, 3.05) is 144 Å². The zero-order valence-corrected chi connectivity index (χ0v) is 33.9. The van der Waals surface area contributed by atoms with Crippen molar-refractivity contribution in [1.29, 1.82) is 0 Å². The molecule has 3 heterocycles. The van der Waals surface area contributed by atoms with Gasteiger partial charge in [-0.05, 0) is 12.1 Å². The molecule has 6 N–H and O–H groups in total. The van der Waals surface area contributed by atoms with Crippen molar-refractivity contribution >= 4 is 46.8 Å². The molecular weight excluding hydrogens is 788 g/mol. The molecule has 2 aliphatic rings. The van der Waals surface area contributed by atoms with Crippen LogP contribution >= 0.6 is 0 Å². The molecule has 0 aliphatic carbocycles. The molecule has 0 spiro atoms. The minimum atomic E-state index is -1.04. The first-order valence-corrected chi connectivity index (χ1v) is 20.0. The third-order valence-corrected chi connectivity index (χ3v) is 10.5. The van der Waals surface area contributed by atoms with Gasteiger partial charge in [-0.25, -0.2) is 9.97 Å². The predicted molar refractivity (Wildman–Crippen MR) is 215 cm³/mol. The van der Waals surface area contributed by atoms with Crippen LogP contribution in [0.3, 0.4) is 0 Å². The van der Waals surface area contributed by atoms with Crippen LogP contribution in [-0.2, 0) is 41.9 Å². The fourth-order valence-corrected chi connectivity index (χ4v) is 7.32. The molecule has 1 aromatic carbocycles. The number of carboxylic acid groups (broad SMARTS) is 6. The van der Waals surface area contributed by atoms with E-state index in [0.717, 1.165) is 0 Å². The van der Waals surface area contributed by atoms with E-state index < -0.39 is 35.8 Å². The number of nitrogens with zero attached hydrogens (tertiary/aromatic N) is 10. The Morgan fingerprint density at radius 2 is 0.533 bits per heavy atom. The van der Waals surface area contributed by atoms with Gasteiger partial charge in [-0.1, -0.05) is 12.1 Å². The number of aliphatic carboxylic acids is 6. The van der Waals surface area contributed by atoms with Gasteiger partial charge >= 0.3 is 35.8 Å². The lowest BCUT2D eigenvalue weighted by molar-refractivity contribution is -0.140. The van der Waals surface area contributed by atoms with Crippen molar-refractivity contribution < 1.29 is 59.4 Å². The number of benzene rings is 1. The SMILES string of the molecule is O=C(O)CN1CCN(CC(=O)O)CCN(Cc2nc3ccccc3nc2CN2CCN(CC(=O)O)CCN(CC(=O)O)CCN(CC(=O)O)CC2)CCN(CC(=O)O)CC1. The van der Waals surface area contributed by atoms with E-state index in [-0.39, 0.29) is 105 Å². The summed E-state index contributed by atoms with van der Waals surface area (Å²) in [7, 11) is 0. The van der Waals surface area contributed by atoms with Crippen LogP contribution in [0.5, 0.6) is 0 Å². The lowest BCUT2D eigenvalue weighted by Crippen LogP contribution is -2.48. The fourth-order valence-electron chi connectivity index (χ4n) is 7.32. The van der Waals surface area contributed by atoms with Crippen LogP contribution < -0.4 is 0 Å². The Morgan fingerprint density at radius 3 is 0.717 bits per heavy atom. The predicted octanol–water partition coefficient (Wildman–Crippen LogP) is -2.42. The van der Waals surface area contributed by atoms with Crippen LogP contribution in [0.25, 0.3) is 11.0 Å². The molecule has 0 amide bonds. The summed E-state index contributed by atoms with van der Waals surface area (Å²) < 4.78 is 0. The molecule has 0 atom stereocenters. The average molecular weight is 847 g/mol. The maximum atomic E-state index is 11.9. The first kappa shape index (κ1) is 47.7. The Balaban J connectivity index is 1.65. The molecule has 1 aromatic heterocycles. The van der Waals surface area contributed by atoms with Gasteiger partial charge in [-0.3, -0.25) is 68.0 Å². The van der Waals surface area contributed by atoms with Gasteiger partial charge in [-0.2, -0.15) is 0 Å². The summed E-state index contributed by atoms with van der Waals surface area (Å²) in [6, 6.07) is 7.38. The molecule has 0 unspecified atom stereocenters. The van der Waals surface area contributed by atoms with E-state index in [2.05, 4.69) is 9.80 Å². The quantitative estimate of drug-likeness (QED) is 0.103. The zero-order valence-electron chi connectivity index (χ0n) is 33.9. The third-order valence-electron chi connectivity index (χ3n) is 10.5. The Hall–Kier alpha value is -4.94. The highest BCUT2D eigenvalue weighted by Crippen LogP contribution is 2.18.